The Balaban J connectivity index is 2.39. The van der Waals surface area contributed by atoms with Crippen molar-refractivity contribution in [2.45, 2.75) is 13.3 Å². The molecule has 0 amide bonds. The number of rotatable bonds is 3. The lowest BCUT2D eigenvalue weighted by Gasteiger charge is -2.12. The molecule has 23 heavy (non-hydrogen) atoms. The summed E-state index contributed by atoms with van der Waals surface area (Å²) in [7, 11) is 1.52. The molecule has 1 aromatic heterocycles. The molecule has 2 aromatic carbocycles. The first kappa shape index (κ1) is 15.2. The minimum atomic E-state index is -2.92. The minimum Gasteiger partial charge on any atom is -0.497 e. The average Bonchev–Trinajstić information content (AvgIpc) is 2.53. The highest BCUT2D eigenvalue weighted by Gasteiger charge is 2.23. The van der Waals surface area contributed by atoms with Crippen LogP contribution >= 0.6 is 0 Å². The second kappa shape index (κ2) is 5.83. The van der Waals surface area contributed by atoms with Gasteiger partial charge in [-0.05, 0) is 36.2 Å². The maximum absolute atomic E-state index is 13.4. The molecule has 5 heteroatoms. The molecule has 0 bridgehead atoms. The molecule has 0 unspecified atom stereocenters. The van der Waals surface area contributed by atoms with Crippen molar-refractivity contribution >= 4 is 11.0 Å². The van der Waals surface area contributed by atoms with Gasteiger partial charge < -0.3 is 9.15 Å². The van der Waals surface area contributed by atoms with Gasteiger partial charge in [-0.25, -0.2) is 13.6 Å². The standard InChI is InChI=1S/C18H14F2O3/c1-10-3-8-13-14(9-10)23-18(21)16(17(19)20)15(13)11-4-6-12(22-2)7-5-11/h3-9,17H,1-2H3. The van der Waals surface area contributed by atoms with Gasteiger partial charge in [0.05, 0.1) is 7.11 Å². The summed E-state index contributed by atoms with van der Waals surface area (Å²) < 4.78 is 37.0. The maximum Gasteiger partial charge on any atom is 0.345 e. The molecule has 0 aliphatic rings. The van der Waals surface area contributed by atoms with Crippen LogP contribution in [0.4, 0.5) is 8.78 Å². The van der Waals surface area contributed by atoms with E-state index >= 15 is 0 Å². The van der Waals surface area contributed by atoms with E-state index in [1.807, 2.05) is 6.92 Å². The molecule has 0 saturated heterocycles. The SMILES string of the molecule is COc1ccc(-c2c(C(F)F)c(=O)oc3cc(C)ccc23)cc1. The van der Waals surface area contributed by atoms with Crippen LogP contribution in [-0.2, 0) is 0 Å². The molecule has 0 aliphatic carbocycles. The van der Waals surface area contributed by atoms with Crippen molar-refractivity contribution in [3.8, 4) is 16.9 Å². The van der Waals surface area contributed by atoms with Gasteiger partial charge in [0.25, 0.3) is 6.43 Å². The predicted octanol–water partition coefficient (Wildman–Crippen LogP) is 4.71. The van der Waals surface area contributed by atoms with E-state index in [1.54, 1.807) is 42.5 Å². The van der Waals surface area contributed by atoms with Crippen LogP contribution < -0.4 is 10.4 Å². The molecule has 0 aliphatic heterocycles. The summed E-state index contributed by atoms with van der Waals surface area (Å²) in [4.78, 5) is 12.0. The Bertz CT molecular complexity index is 912. The molecule has 0 radical (unpaired) electrons. The summed E-state index contributed by atoms with van der Waals surface area (Å²) in [6, 6.07) is 11.8. The van der Waals surface area contributed by atoms with Gasteiger partial charge >= 0.3 is 5.63 Å². The number of benzene rings is 2. The molecule has 3 rings (SSSR count). The third kappa shape index (κ3) is 2.70. The molecule has 0 atom stereocenters. The third-order valence-corrected chi connectivity index (χ3v) is 3.70. The molecule has 0 spiro atoms. The van der Waals surface area contributed by atoms with Crippen molar-refractivity contribution in [2.75, 3.05) is 7.11 Å². The molecule has 3 nitrogen and oxygen atoms in total. The minimum absolute atomic E-state index is 0.203. The molecular weight excluding hydrogens is 302 g/mol. The van der Waals surface area contributed by atoms with Crippen LogP contribution in [-0.4, -0.2) is 7.11 Å². The van der Waals surface area contributed by atoms with Gasteiger partial charge in [-0.3, -0.25) is 0 Å². The first-order valence-corrected chi connectivity index (χ1v) is 7.01. The summed E-state index contributed by atoms with van der Waals surface area (Å²) in [5.41, 5.74) is 0.267. The van der Waals surface area contributed by atoms with Crippen LogP contribution in [0.5, 0.6) is 5.75 Å². The lowest BCUT2D eigenvalue weighted by Crippen LogP contribution is -2.10. The molecule has 1 heterocycles. The van der Waals surface area contributed by atoms with E-state index in [0.717, 1.165) is 5.56 Å². The van der Waals surface area contributed by atoms with Crippen molar-refractivity contribution in [2.24, 2.45) is 0 Å². The number of fused-ring (bicyclic) bond motifs is 1. The Morgan fingerprint density at radius 3 is 2.39 bits per heavy atom. The number of alkyl halides is 2. The first-order chi connectivity index (χ1) is 11.0. The molecule has 0 saturated carbocycles. The van der Waals surface area contributed by atoms with Crippen LogP contribution in [0, 0.1) is 6.92 Å². The van der Waals surface area contributed by atoms with E-state index in [0.29, 0.717) is 22.3 Å². The zero-order valence-electron chi connectivity index (χ0n) is 12.6. The van der Waals surface area contributed by atoms with E-state index in [9.17, 15) is 13.6 Å². The van der Waals surface area contributed by atoms with Gasteiger partial charge in [0.1, 0.15) is 16.9 Å². The largest absolute Gasteiger partial charge is 0.497 e. The lowest BCUT2D eigenvalue weighted by molar-refractivity contribution is 0.147. The Hall–Kier alpha value is -2.69. The smallest absolute Gasteiger partial charge is 0.345 e. The molecule has 118 valence electrons. The summed E-state index contributed by atoms with van der Waals surface area (Å²) in [5.74, 6) is 0.607. The molecular formula is C18H14F2O3. The summed E-state index contributed by atoms with van der Waals surface area (Å²) in [6.45, 7) is 1.84. The predicted molar refractivity (Wildman–Crippen MR) is 84.2 cm³/mol. The van der Waals surface area contributed by atoms with Gasteiger partial charge in [0.2, 0.25) is 0 Å². The van der Waals surface area contributed by atoms with Crippen molar-refractivity contribution < 1.29 is 17.9 Å². The quantitative estimate of drug-likeness (QED) is 0.657. The lowest BCUT2D eigenvalue weighted by atomic mass is 9.96. The summed E-state index contributed by atoms with van der Waals surface area (Å²) in [5, 5.41) is 0.482. The first-order valence-electron chi connectivity index (χ1n) is 7.01. The van der Waals surface area contributed by atoms with Crippen molar-refractivity contribution in [3.05, 3.63) is 64.0 Å². The number of halogens is 2. The molecule has 3 aromatic rings. The van der Waals surface area contributed by atoms with E-state index < -0.39 is 17.6 Å². The topological polar surface area (TPSA) is 39.4 Å². The maximum atomic E-state index is 13.4. The van der Waals surface area contributed by atoms with E-state index in [1.165, 1.54) is 7.11 Å². The fourth-order valence-corrected chi connectivity index (χ4v) is 2.59. The zero-order valence-corrected chi connectivity index (χ0v) is 12.6. The fourth-order valence-electron chi connectivity index (χ4n) is 2.59. The van der Waals surface area contributed by atoms with Crippen LogP contribution in [0.3, 0.4) is 0 Å². The second-order valence-corrected chi connectivity index (χ2v) is 5.21. The summed E-state index contributed by atoms with van der Waals surface area (Å²) >= 11 is 0. The van der Waals surface area contributed by atoms with Crippen molar-refractivity contribution in [3.63, 3.8) is 0 Å². The van der Waals surface area contributed by atoms with Crippen molar-refractivity contribution in [1.82, 2.24) is 0 Å². The van der Waals surface area contributed by atoms with Crippen molar-refractivity contribution in [1.29, 1.82) is 0 Å². The van der Waals surface area contributed by atoms with Gasteiger partial charge in [-0.2, -0.15) is 0 Å². The highest BCUT2D eigenvalue weighted by molar-refractivity contribution is 5.95. The van der Waals surface area contributed by atoms with Gasteiger partial charge in [-0.1, -0.05) is 24.3 Å². The highest BCUT2D eigenvalue weighted by atomic mass is 19.3. The average molecular weight is 316 g/mol. The number of hydrogen-bond donors (Lipinski definition) is 0. The Labute approximate surface area is 131 Å². The van der Waals surface area contributed by atoms with Crippen LogP contribution in [0.25, 0.3) is 22.1 Å². The Kier molecular flexibility index (Phi) is 3.86. The van der Waals surface area contributed by atoms with E-state index in [4.69, 9.17) is 9.15 Å². The number of methoxy groups -OCH3 is 1. The molecule has 0 fully saturated rings. The number of aryl methyl sites for hydroxylation is 1. The van der Waals surface area contributed by atoms with E-state index in [-0.39, 0.29) is 5.56 Å². The molecule has 0 N–H and O–H groups in total. The van der Waals surface area contributed by atoms with Crippen LogP contribution in [0.1, 0.15) is 17.6 Å². The normalized spacial score (nSPS) is 11.2. The third-order valence-electron chi connectivity index (χ3n) is 3.70. The Morgan fingerprint density at radius 2 is 1.78 bits per heavy atom. The Morgan fingerprint density at radius 1 is 1.09 bits per heavy atom. The van der Waals surface area contributed by atoms with Gasteiger partial charge in [-0.15, -0.1) is 0 Å². The summed E-state index contributed by atoms with van der Waals surface area (Å²) in [6.07, 6.45) is -2.92. The number of hydrogen-bond acceptors (Lipinski definition) is 3. The second-order valence-electron chi connectivity index (χ2n) is 5.21. The van der Waals surface area contributed by atoms with Crippen LogP contribution in [0.2, 0.25) is 0 Å². The van der Waals surface area contributed by atoms with Gasteiger partial charge in [0, 0.05) is 10.9 Å². The number of ether oxygens (including phenoxy) is 1. The van der Waals surface area contributed by atoms with Crippen LogP contribution in [0.15, 0.2) is 51.7 Å². The van der Waals surface area contributed by atoms with E-state index in [2.05, 4.69) is 0 Å². The van der Waals surface area contributed by atoms with Gasteiger partial charge in [0.15, 0.2) is 0 Å². The monoisotopic (exact) mass is 316 g/mol. The highest BCUT2D eigenvalue weighted by Crippen LogP contribution is 2.35. The fraction of sp³-hybridized carbons (Fsp3) is 0.167. The zero-order chi connectivity index (χ0) is 16.6.